The van der Waals surface area contributed by atoms with E-state index in [-0.39, 0.29) is 36.4 Å². The monoisotopic (exact) mass is 584 g/mol. The minimum Gasteiger partial charge on any atom is -0.466 e. The maximum absolute atomic E-state index is 14.6. The van der Waals surface area contributed by atoms with Crippen LogP contribution in [0.15, 0.2) is 55.1 Å². The second-order valence-electron chi connectivity index (χ2n) is 10.2. The van der Waals surface area contributed by atoms with Gasteiger partial charge in [-0.2, -0.15) is 0 Å². The van der Waals surface area contributed by atoms with Crippen molar-refractivity contribution in [3.8, 4) is 0 Å². The Kier molecular flexibility index (Phi) is 7.37. The highest BCUT2D eigenvalue weighted by Crippen LogP contribution is 2.60. The minimum atomic E-state index is -1.22. The van der Waals surface area contributed by atoms with Gasteiger partial charge in [0.05, 0.1) is 37.2 Å². The van der Waals surface area contributed by atoms with Crippen molar-refractivity contribution in [1.82, 2.24) is 4.90 Å². The zero-order valence-electron chi connectivity index (χ0n) is 21.6. The van der Waals surface area contributed by atoms with E-state index < -0.39 is 41.6 Å². The first-order valence-corrected chi connectivity index (χ1v) is 14.1. The van der Waals surface area contributed by atoms with Gasteiger partial charge in [0.15, 0.2) is 0 Å². The fourth-order valence-corrected chi connectivity index (χ4v) is 7.55. The van der Waals surface area contributed by atoms with Crippen molar-refractivity contribution >= 4 is 50.2 Å². The van der Waals surface area contributed by atoms with Crippen molar-refractivity contribution < 1.29 is 29.0 Å². The fraction of sp³-hybridized carbons (Fsp3) is 0.483. The predicted molar refractivity (Wildman–Crippen MR) is 147 cm³/mol. The highest BCUT2D eigenvalue weighted by molar-refractivity contribution is 9.09. The zero-order valence-corrected chi connectivity index (χ0v) is 23.2. The maximum atomic E-state index is 14.6. The van der Waals surface area contributed by atoms with E-state index >= 15 is 0 Å². The van der Waals surface area contributed by atoms with E-state index in [1.54, 1.807) is 17.9 Å². The average molecular weight is 585 g/mol. The highest BCUT2D eigenvalue weighted by atomic mass is 79.9. The van der Waals surface area contributed by atoms with Crippen LogP contribution in [-0.2, 0) is 23.9 Å². The summed E-state index contributed by atoms with van der Waals surface area (Å²) < 4.78 is 11.9. The van der Waals surface area contributed by atoms with Crippen LogP contribution in [0.25, 0.3) is 10.8 Å². The molecule has 2 aromatic carbocycles. The summed E-state index contributed by atoms with van der Waals surface area (Å²) in [7, 11) is 0. The lowest BCUT2D eigenvalue weighted by atomic mass is 9.70. The molecule has 8 nitrogen and oxygen atoms in total. The summed E-state index contributed by atoms with van der Waals surface area (Å²) in [6.45, 7) is 7.53. The van der Waals surface area contributed by atoms with E-state index in [4.69, 9.17) is 9.47 Å². The first-order chi connectivity index (χ1) is 18.3. The number of fused-ring (bicyclic) bond motifs is 2. The van der Waals surface area contributed by atoms with E-state index in [0.717, 1.165) is 10.8 Å². The van der Waals surface area contributed by atoms with E-state index in [1.807, 2.05) is 49.4 Å². The number of halogens is 1. The number of nitrogens with zero attached hydrogens (tertiary/aromatic N) is 2. The minimum absolute atomic E-state index is 0.179. The van der Waals surface area contributed by atoms with Gasteiger partial charge in [0.25, 0.3) is 5.91 Å². The molecule has 3 fully saturated rings. The van der Waals surface area contributed by atoms with Crippen LogP contribution in [0.4, 0.5) is 5.69 Å². The molecule has 0 saturated carbocycles. The molecule has 3 unspecified atom stereocenters. The first kappa shape index (κ1) is 26.8. The second kappa shape index (κ2) is 10.4. The maximum Gasteiger partial charge on any atom is 0.312 e. The van der Waals surface area contributed by atoms with Crippen molar-refractivity contribution in [2.24, 2.45) is 11.8 Å². The molecule has 38 heavy (non-hydrogen) atoms. The molecule has 9 heteroatoms. The van der Waals surface area contributed by atoms with Crippen molar-refractivity contribution in [3.63, 3.8) is 0 Å². The van der Waals surface area contributed by atoms with Gasteiger partial charge in [-0.05, 0) is 42.7 Å². The first-order valence-electron chi connectivity index (χ1n) is 13.2. The third kappa shape index (κ3) is 3.98. The summed E-state index contributed by atoms with van der Waals surface area (Å²) in [5.74, 6) is -2.86. The number of carbonyl (C=O) groups excluding carboxylic acids is 3. The molecule has 0 radical (unpaired) electrons. The Morgan fingerprint density at radius 1 is 1.29 bits per heavy atom. The number of rotatable bonds is 9. The number of amides is 2. The molecular formula is C29H33BrN2O6. The van der Waals surface area contributed by atoms with E-state index in [9.17, 15) is 19.5 Å². The topological polar surface area (TPSA) is 96.4 Å². The molecule has 7 atom stereocenters. The number of anilines is 1. The van der Waals surface area contributed by atoms with Crippen LogP contribution in [0.3, 0.4) is 0 Å². The lowest BCUT2D eigenvalue weighted by molar-refractivity contribution is -0.155. The molecular weight excluding hydrogens is 552 g/mol. The Morgan fingerprint density at radius 3 is 2.68 bits per heavy atom. The van der Waals surface area contributed by atoms with Gasteiger partial charge in [0.1, 0.15) is 11.6 Å². The number of aliphatic hydroxyl groups is 1. The van der Waals surface area contributed by atoms with Gasteiger partial charge in [-0.25, -0.2) is 0 Å². The number of ether oxygens (including phenoxy) is 2. The number of aliphatic hydroxyl groups excluding tert-OH is 1. The van der Waals surface area contributed by atoms with Crippen molar-refractivity contribution in [3.05, 3.63) is 55.1 Å². The second-order valence-corrected chi connectivity index (χ2v) is 11.4. The van der Waals surface area contributed by atoms with Crippen molar-refractivity contribution in [2.75, 3.05) is 24.7 Å². The zero-order chi connectivity index (χ0) is 27.2. The van der Waals surface area contributed by atoms with E-state index in [1.165, 1.54) is 4.90 Å². The van der Waals surface area contributed by atoms with Crippen LogP contribution < -0.4 is 4.90 Å². The summed E-state index contributed by atoms with van der Waals surface area (Å²) in [4.78, 5) is 44.6. The summed E-state index contributed by atoms with van der Waals surface area (Å²) >= 11 is 3.66. The average Bonchev–Trinajstić information content (AvgIpc) is 3.51. The highest BCUT2D eigenvalue weighted by Gasteiger charge is 2.77. The van der Waals surface area contributed by atoms with Gasteiger partial charge < -0.3 is 24.4 Å². The molecule has 2 amide bonds. The molecule has 2 bridgehead atoms. The number of likely N-dealkylation sites (tertiary alicyclic amines) is 1. The molecule has 2 aromatic rings. The summed E-state index contributed by atoms with van der Waals surface area (Å²) in [5.41, 5.74) is -0.550. The van der Waals surface area contributed by atoms with Crippen molar-refractivity contribution in [1.29, 1.82) is 0 Å². The van der Waals surface area contributed by atoms with Gasteiger partial charge in [0, 0.05) is 17.1 Å². The predicted octanol–water partition coefficient (Wildman–Crippen LogP) is 3.44. The molecule has 1 spiro atoms. The Bertz CT molecular complexity index is 1260. The number of carbonyl (C=O) groups is 3. The number of esters is 1. The Labute approximate surface area is 230 Å². The number of alkyl halides is 1. The van der Waals surface area contributed by atoms with E-state index in [0.29, 0.717) is 18.5 Å². The molecule has 1 N–H and O–H groups in total. The molecule has 5 rings (SSSR count). The third-order valence-corrected chi connectivity index (χ3v) is 9.06. The Morgan fingerprint density at radius 2 is 2.03 bits per heavy atom. The molecule has 0 aromatic heterocycles. The largest absolute Gasteiger partial charge is 0.466 e. The summed E-state index contributed by atoms with van der Waals surface area (Å²) in [6, 6.07) is 12.0. The van der Waals surface area contributed by atoms with Crippen molar-refractivity contribution in [2.45, 2.75) is 55.3 Å². The number of hydrogen-bond donors (Lipinski definition) is 1. The van der Waals surface area contributed by atoms with Crippen LogP contribution in [-0.4, -0.2) is 76.2 Å². The molecule has 202 valence electrons. The third-order valence-electron chi connectivity index (χ3n) is 8.22. The Hall–Kier alpha value is -2.75. The van der Waals surface area contributed by atoms with Crippen LogP contribution in [0.5, 0.6) is 0 Å². The SMILES string of the molecule is C=CCN(C(=O)C1N([C@@H](CC)CO)C(=O)[C@@H]2[C@@H](C(=O)OCC)[C@@H]3OC12CC3Br)c1ccc2ccccc2c1. The van der Waals surface area contributed by atoms with Crippen LogP contribution in [0.1, 0.15) is 26.7 Å². The van der Waals surface area contributed by atoms with Gasteiger partial charge >= 0.3 is 5.97 Å². The lowest BCUT2D eigenvalue weighted by Crippen LogP contribution is -2.59. The standard InChI is InChI=1S/C29H33BrN2O6/c1-4-13-31(20-12-11-17-9-7-8-10-18(17)14-20)27(35)25-29-15-21(30)24(38-29)22(28(36)37-6-3)23(29)26(34)32(25)19(5-2)16-33/h4,7-12,14,19,21-25,33H,1,5-6,13,15-16H2,2-3H3/t19-,21?,22+,23-,24+,25?,29?/m0/s1. The molecule has 3 aliphatic rings. The Balaban J connectivity index is 1.62. The number of benzene rings is 2. The molecule has 3 saturated heterocycles. The van der Waals surface area contributed by atoms with Crippen LogP contribution in [0.2, 0.25) is 0 Å². The quantitative estimate of drug-likeness (QED) is 0.275. The van der Waals surface area contributed by atoms with Gasteiger partial charge in [-0.1, -0.05) is 59.3 Å². The van der Waals surface area contributed by atoms with Gasteiger partial charge in [-0.3, -0.25) is 14.4 Å². The summed E-state index contributed by atoms with van der Waals surface area (Å²) in [5, 5.41) is 12.3. The van der Waals surface area contributed by atoms with E-state index in [2.05, 4.69) is 22.5 Å². The lowest BCUT2D eigenvalue weighted by Gasteiger charge is -2.39. The van der Waals surface area contributed by atoms with Gasteiger partial charge in [-0.15, -0.1) is 6.58 Å². The molecule has 3 aliphatic heterocycles. The van der Waals surface area contributed by atoms with Gasteiger partial charge in [0.2, 0.25) is 5.91 Å². The smallest absolute Gasteiger partial charge is 0.312 e. The molecule has 0 aliphatic carbocycles. The molecule has 3 heterocycles. The fourth-order valence-electron chi connectivity index (χ4n) is 6.61. The van der Waals surface area contributed by atoms with Crippen LogP contribution >= 0.6 is 15.9 Å². The van der Waals surface area contributed by atoms with Crippen LogP contribution in [0, 0.1) is 11.8 Å². The summed E-state index contributed by atoms with van der Waals surface area (Å²) in [6.07, 6.45) is 1.90. The normalized spacial score (nSPS) is 30.4. The number of hydrogen-bond acceptors (Lipinski definition) is 6.